The molecule has 5 heteroatoms. The molecule has 0 atom stereocenters. The molecule has 0 saturated heterocycles. The molecule has 0 saturated carbocycles. The van der Waals surface area contributed by atoms with Crippen molar-refractivity contribution in [3.8, 4) is 22.3 Å². The average Bonchev–Trinajstić information content (AvgIpc) is 2.56. The molecule has 0 fully saturated rings. The molecule has 1 aromatic heterocycles. The van der Waals surface area contributed by atoms with E-state index in [1.807, 2.05) is 30.5 Å². The number of thioether (sulfide) groups is 1. The second-order valence-electron chi connectivity index (χ2n) is 4.72. The minimum Gasteiger partial charge on any atom is -0.267 e. The van der Waals surface area contributed by atoms with E-state index in [-0.39, 0.29) is 11.4 Å². The lowest BCUT2D eigenvalue weighted by molar-refractivity contribution is 0.628. The molecule has 0 bridgehead atoms. The Hall–Kier alpha value is -2.40. The number of halogens is 1. The number of hydrogen-bond acceptors (Lipinski definition) is 3. The van der Waals surface area contributed by atoms with Gasteiger partial charge in [0, 0.05) is 10.5 Å². The normalized spacial score (nSPS) is 10.6. The van der Waals surface area contributed by atoms with Gasteiger partial charge in [0.25, 0.3) is 5.56 Å². The lowest BCUT2D eigenvalue weighted by atomic mass is 9.97. The van der Waals surface area contributed by atoms with Crippen molar-refractivity contribution in [2.24, 2.45) is 0 Å². The molecule has 1 N–H and O–H groups in total. The zero-order chi connectivity index (χ0) is 15.5. The van der Waals surface area contributed by atoms with E-state index in [0.29, 0.717) is 11.1 Å². The van der Waals surface area contributed by atoms with E-state index in [1.165, 1.54) is 12.1 Å². The summed E-state index contributed by atoms with van der Waals surface area (Å²) in [4.78, 5) is 13.3. The summed E-state index contributed by atoms with van der Waals surface area (Å²) in [6.07, 6.45) is 3.63. The molecule has 0 amide bonds. The molecule has 22 heavy (non-hydrogen) atoms. The maximum absolute atomic E-state index is 13.1. The summed E-state index contributed by atoms with van der Waals surface area (Å²) in [5, 5.41) is 6.33. The molecule has 3 aromatic rings. The number of aromatic amines is 1. The van der Waals surface area contributed by atoms with Gasteiger partial charge in [-0.05, 0) is 41.6 Å². The van der Waals surface area contributed by atoms with E-state index in [1.54, 1.807) is 30.1 Å². The van der Waals surface area contributed by atoms with Crippen LogP contribution >= 0.6 is 11.8 Å². The van der Waals surface area contributed by atoms with Gasteiger partial charge < -0.3 is 0 Å². The zero-order valence-corrected chi connectivity index (χ0v) is 12.7. The smallest absolute Gasteiger partial charge is 0.267 e. The van der Waals surface area contributed by atoms with Crippen LogP contribution in [0.15, 0.2) is 64.4 Å². The van der Waals surface area contributed by atoms with Crippen molar-refractivity contribution in [1.82, 2.24) is 10.2 Å². The van der Waals surface area contributed by atoms with Crippen molar-refractivity contribution in [3.05, 3.63) is 70.9 Å². The third kappa shape index (κ3) is 2.80. The Bertz CT molecular complexity index is 842. The Balaban J connectivity index is 2.17. The molecule has 3 nitrogen and oxygen atoms in total. The van der Waals surface area contributed by atoms with Crippen LogP contribution in [0.2, 0.25) is 0 Å². The first-order chi connectivity index (χ1) is 10.7. The summed E-state index contributed by atoms with van der Waals surface area (Å²) in [6, 6.07) is 13.8. The topological polar surface area (TPSA) is 45.8 Å². The third-order valence-corrected chi connectivity index (χ3v) is 4.13. The van der Waals surface area contributed by atoms with Crippen LogP contribution in [0, 0.1) is 5.82 Å². The number of nitrogens with zero attached hydrogens (tertiary/aromatic N) is 1. The fourth-order valence-corrected chi connectivity index (χ4v) is 2.70. The molecule has 3 rings (SSSR count). The number of nitrogens with one attached hydrogen (secondary N) is 1. The molecule has 0 aliphatic rings. The molecule has 1 heterocycles. The number of H-pyrrole nitrogens is 1. The number of aromatic nitrogens is 2. The number of benzene rings is 2. The second-order valence-corrected chi connectivity index (χ2v) is 5.60. The van der Waals surface area contributed by atoms with Gasteiger partial charge in [-0.2, -0.15) is 5.10 Å². The Kier molecular flexibility index (Phi) is 4.06. The van der Waals surface area contributed by atoms with E-state index in [2.05, 4.69) is 10.2 Å². The minimum absolute atomic E-state index is 0.293. The van der Waals surface area contributed by atoms with E-state index in [0.717, 1.165) is 16.0 Å². The monoisotopic (exact) mass is 312 g/mol. The van der Waals surface area contributed by atoms with Crippen LogP contribution in [0.4, 0.5) is 4.39 Å². The average molecular weight is 312 g/mol. The number of hydrogen-bond donors (Lipinski definition) is 1. The van der Waals surface area contributed by atoms with E-state index in [9.17, 15) is 9.18 Å². The van der Waals surface area contributed by atoms with Gasteiger partial charge in [0.1, 0.15) is 5.82 Å². The predicted octanol–water partition coefficient (Wildman–Crippen LogP) is 3.96. The second kappa shape index (κ2) is 6.15. The molecule has 0 aliphatic heterocycles. The van der Waals surface area contributed by atoms with Crippen LogP contribution in [-0.4, -0.2) is 16.5 Å². The Morgan fingerprint density at radius 3 is 2.27 bits per heavy atom. The highest BCUT2D eigenvalue weighted by Gasteiger charge is 2.12. The zero-order valence-electron chi connectivity index (χ0n) is 11.8. The van der Waals surface area contributed by atoms with Crippen LogP contribution in [0.1, 0.15) is 0 Å². The van der Waals surface area contributed by atoms with Crippen molar-refractivity contribution in [1.29, 1.82) is 0 Å². The largest absolute Gasteiger partial charge is 0.272 e. The summed E-state index contributed by atoms with van der Waals surface area (Å²) in [5.41, 5.74) is 2.48. The van der Waals surface area contributed by atoms with E-state index in [4.69, 9.17) is 0 Å². The molecule has 2 aromatic carbocycles. The third-order valence-electron chi connectivity index (χ3n) is 3.39. The lowest BCUT2D eigenvalue weighted by Gasteiger charge is -2.09. The molecular formula is C17H13FN2OS. The lowest BCUT2D eigenvalue weighted by Crippen LogP contribution is -2.12. The van der Waals surface area contributed by atoms with Crippen molar-refractivity contribution in [2.45, 2.75) is 4.90 Å². The molecule has 0 unspecified atom stereocenters. The van der Waals surface area contributed by atoms with Gasteiger partial charge >= 0.3 is 0 Å². The maximum atomic E-state index is 13.1. The van der Waals surface area contributed by atoms with E-state index >= 15 is 0 Å². The number of rotatable bonds is 3. The van der Waals surface area contributed by atoms with Crippen molar-refractivity contribution in [3.63, 3.8) is 0 Å². The first-order valence-corrected chi connectivity index (χ1v) is 7.89. The van der Waals surface area contributed by atoms with Crippen molar-refractivity contribution >= 4 is 11.8 Å². The van der Waals surface area contributed by atoms with Gasteiger partial charge in [0.05, 0.1) is 11.8 Å². The van der Waals surface area contributed by atoms with E-state index < -0.39 is 0 Å². The summed E-state index contributed by atoms with van der Waals surface area (Å²) >= 11 is 1.65. The van der Waals surface area contributed by atoms with Gasteiger partial charge in [-0.15, -0.1) is 11.8 Å². The first kappa shape index (κ1) is 14.5. The van der Waals surface area contributed by atoms with Crippen molar-refractivity contribution in [2.75, 3.05) is 6.26 Å². The summed E-state index contributed by atoms with van der Waals surface area (Å²) in [6.45, 7) is 0. The summed E-state index contributed by atoms with van der Waals surface area (Å²) in [5.74, 6) is -0.333. The van der Waals surface area contributed by atoms with Crippen LogP contribution in [0.3, 0.4) is 0 Å². The van der Waals surface area contributed by atoms with Gasteiger partial charge in [-0.3, -0.25) is 4.79 Å². The highest BCUT2D eigenvalue weighted by molar-refractivity contribution is 7.98. The standard InChI is InChI=1S/C17H13FN2OS/c1-22-14-8-4-11(5-9-14)15-10-19-20-17(21)16(15)12-2-6-13(18)7-3-12/h2-10H,1H3,(H,20,21). The molecule has 0 spiro atoms. The quantitative estimate of drug-likeness (QED) is 0.744. The predicted molar refractivity (Wildman–Crippen MR) is 87.5 cm³/mol. The fourth-order valence-electron chi connectivity index (χ4n) is 2.29. The Labute approximate surface area is 131 Å². The van der Waals surface area contributed by atoms with Crippen LogP contribution in [0.25, 0.3) is 22.3 Å². The highest BCUT2D eigenvalue weighted by atomic mass is 32.2. The van der Waals surface area contributed by atoms with Crippen LogP contribution in [-0.2, 0) is 0 Å². The van der Waals surface area contributed by atoms with Gasteiger partial charge in [0.15, 0.2) is 0 Å². The SMILES string of the molecule is CSc1ccc(-c2cn[nH]c(=O)c2-c2ccc(F)cc2)cc1. The van der Waals surface area contributed by atoms with Crippen molar-refractivity contribution < 1.29 is 4.39 Å². The van der Waals surface area contributed by atoms with Gasteiger partial charge in [-0.1, -0.05) is 24.3 Å². The molecule has 0 aliphatic carbocycles. The Morgan fingerprint density at radius 1 is 1.00 bits per heavy atom. The molecular weight excluding hydrogens is 299 g/mol. The minimum atomic E-state index is -0.333. The Morgan fingerprint density at radius 2 is 1.64 bits per heavy atom. The summed E-state index contributed by atoms with van der Waals surface area (Å²) < 4.78 is 13.1. The van der Waals surface area contributed by atoms with Crippen LogP contribution < -0.4 is 5.56 Å². The first-order valence-electron chi connectivity index (χ1n) is 6.67. The highest BCUT2D eigenvalue weighted by Crippen LogP contribution is 2.29. The summed E-state index contributed by atoms with van der Waals surface area (Å²) in [7, 11) is 0. The molecule has 110 valence electrons. The van der Waals surface area contributed by atoms with Gasteiger partial charge in [0.2, 0.25) is 0 Å². The molecule has 0 radical (unpaired) electrons. The maximum Gasteiger partial charge on any atom is 0.272 e. The van der Waals surface area contributed by atoms with Gasteiger partial charge in [-0.25, -0.2) is 9.49 Å². The van der Waals surface area contributed by atoms with Crippen LogP contribution in [0.5, 0.6) is 0 Å². The fraction of sp³-hybridized carbons (Fsp3) is 0.0588.